The largest absolute Gasteiger partial charge is 0.398 e. The van der Waals surface area contributed by atoms with Crippen LogP contribution in [0.25, 0.3) is 6.08 Å². The summed E-state index contributed by atoms with van der Waals surface area (Å²) in [7, 11) is -3.56. The predicted molar refractivity (Wildman–Crippen MR) is 83.6 cm³/mol. The van der Waals surface area contributed by atoms with Crippen molar-refractivity contribution in [1.82, 2.24) is 0 Å². The van der Waals surface area contributed by atoms with E-state index >= 15 is 0 Å². The molecule has 0 aliphatic heterocycles. The standard InChI is InChI=1S/C15H16N2O2S/c1-12-14(16)8-5-9-15(12)17-20(18,19)11-10-13-6-3-2-4-7-13/h2-11,17H,16H2,1H3/b11-10+. The van der Waals surface area contributed by atoms with E-state index in [4.69, 9.17) is 5.73 Å². The molecular weight excluding hydrogens is 272 g/mol. The summed E-state index contributed by atoms with van der Waals surface area (Å²) in [6.45, 7) is 1.77. The Morgan fingerprint density at radius 2 is 1.75 bits per heavy atom. The number of hydrogen-bond acceptors (Lipinski definition) is 3. The lowest BCUT2D eigenvalue weighted by atomic mass is 10.2. The van der Waals surface area contributed by atoms with Crippen molar-refractivity contribution in [2.45, 2.75) is 6.92 Å². The zero-order valence-corrected chi connectivity index (χ0v) is 11.9. The van der Waals surface area contributed by atoms with Crippen LogP contribution in [0.15, 0.2) is 53.9 Å². The monoisotopic (exact) mass is 288 g/mol. The van der Waals surface area contributed by atoms with Crippen LogP contribution in [0, 0.1) is 6.92 Å². The molecular formula is C15H16N2O2S. The third-order valence-electron chi connectivity index (χ3n) is 2.87. The minimum Gasteiger partial charge on any atom is -0.398 e. The van der Waals surface area contributed by atoms with Crippen molar-refractivity contribution >= 4 is 27.5 Å². The Balaban J connectivity index is 2.20. The van der Waals surface area contributed by atoms with E-state index in [0.717, 1.165) is 11.0 Å². The number of nitrogen functional groups attached to an aromatic ring is 1. The van der Waals surface area contributed by atoms with Gasteiger partial charge in [0, 0.05) is 5.69 Å². The molecule has 2 aromatic rings. The normalized spacial score (nSPS) is 11.7. The molecule has 0 radical (unpaired) electrons. The zero-order chi connectivity index (χ0) is 14.6. The molecule has 0 bridgehead atoms. The highest BCUT2D eigenvalue weighted by molar-refractivity contribution is 7.95. The number of anilines is 2. The number of hydrogen-bond donors (Lipinski definition) is 2. The molecule has 0 aliphatic rings. The second-order valence-electron chi connectivity index (χ2n) is 4.38. The first kappa shape index (κ1) is 14.1. The first-order valence-electron chi connectivity index (χ1n) is 6.09. The lowest BCUT2D eigenvalue weighted by Gasteiger charge is -2.09. The van der Waals surface area contributed by atoms with Gasteiger partial charge in [-0.05, 0) is 36.3 Å². The lowest BCUT2D eigenvalue weighted by molar-refractivity contribution is 0.609. The topological polar surface area (TPSA) is 72.2 Å². The first-order chi connectivity index (χ1) is 9.48. The van der Waals surface area contributed by atoms with Gasteiger partial charge < -0.3 is 5.73 Å². The van der Waals surface area contributed by atoms with Gasteiger partial charge in [0.25, 0.3) is 10.0 Å². The molecule has 2 aromatic carbocycles. The fourth-order valence-corrected chi connectivity index (χ4v) is 2.62. The quantitative estimate of drug-likeness (QED) is 0.849. The fraction of sp³-hybridized carbons (Fsp3) is 0.0667. The van der Waals surface area contributed by atoms with E-state index in [1.165, 1.54) is 0 Å². The maximum absolute atomic E-state index is 12.0. The lowest BCUT2D eigenvalue weighted by Crippen LogP contribution is -2.10. The molecule has 0 atom stereocenters. The maximum atomic E-state index is 12.0. The molecule has 20 heavy (non-hydrogen) atoms. The van der Waals surface area contributed by atoms with Gasteiger partial charge in [0.1, 0.15) is 0 Å². The summed E-state index contributed by atoms with van der Waals surface area (Å²) in [4.78, 5) is 0. The van der Waals surface area contributed by atoms with Gasteiger partial charge in [-0.25, -0.2) is 8.42 Å². The van der Waals surface area contributed by atoms with Gasteiger partial charge in [-0.15, -0.1) is 0 Å². The van der Waals surface area contributed by atoms with Gasteiger partial charge in [0.15, 0.2) is 0 Å². The molecule has 0 heterocycles. The zero-order valence-electron chi connectivity index (χ0n) is 11.1. The summed E-state index contributed by atoms with van der Waals surface area (Å²) in [6, 6.07) is 14.4. The molecule has 0 aromatic heterocycles. The van der Waals surface area contributed by atoms with Crippen LogP contribution in [-0.2, 0) is 10.0 Å². The average molecular weight is 288 g/mol. The van der Waals surface area contributed by atoms with Gasteiger partial charge in [-0.2, -0.15) is 0 Å². The molecule has 0 saturated carbocycles. The van der Waals surface area contributed by atoms with E-state index < -0.39 is 10.0 Å². The van der Waals surface area contributed by atoms with Crippen molar-refractivity contribution in [3.05, 3.63) is 65.1 Å². The number of benzene rings is 2. The van der Waals surface area contributed by atoms with Crippen LogP contribution in [0.2, 0.25) is 0 Å². The summed E-state index contributed by atoms with van der Waals surface area (Å²) in [6.07, 6.45) is 1.55. The average Bonchev–Trinajstić information content (AvgIpc) is 2.43. The molecule has 2 rings (SSSR count). The SMILES string of the molecule is Cc1c(N)cccc1NS(=O)(=O)/C=C/c1ccccc1. The van der Waals surface area contributed by atoms with Gasteiger partial charge in [0.05, 0.1) is 11.1 Å². The molecule has 0 aliphatic carbocycles. The van der Waals surface area contributed by atoms with Gasteiger partial charge in [0.2, 0.25) is 0 Å². The Bertz CT molecular complexity index is 723. The van der Waals surface area contributed by atoms with Crippen molar-refractivity contribution in [3.63, 3.8) is 0 Å². The van der Waals surface area contributed by atoms with Crippen molar-refractivity contribution in [2.24, 2.45) is 0 Å². The van der Waals surface area contributed by atoms with Gasteiger partial charge in [-0.3, -0.25) is 4.72 Å². The van der Waals surface area contributed by atoms with E-state index in [-0.39, 0.29) is 0 Å². The minimum atomic E-state index is -3.56. The summed E-state index contributed by atoms with van der Waals surface area (Å²) >= 11 is 0. The first-order valence-corrected chi connectivity index (χ1v) is 7.63. The fourth-order valence-electron chi connectivity index (χ4n) is 1.68. The van der Waals surface area contributed by atoms with Crippen LogP contribution in [0.1, 0.15) is 11.1 Å². The number of rotatable bonds is 4. The Hall–Kier alpha value is -2.27. The molecule has 104 valence electrons. The Labute approximate surface area is 119 Å². The summed E-state index contributed by atoms with van der Waals surface area (Å²) in [5.74, 6) is 0. The van der Waals surface area contributed by atoms with Crippen molar-refractivity contribution in [3.8, 4) is 0 Å². The highest BCUT2D eigenvalue weighted by atomic mass is 32.2. The molecule has 4 nitrogen and oxygen atoms in total. The second kappa shape index (κ2) is 5.79. The van der Waals surface area contributed by atoms with Crippen LogP contribution in [0.5, 0.6) is 0 Å². The molecule has 0 unspecified atom stereocenters. The number of nitrogens with two attached hydrogens (primary N) is 1. The number of sulfonamides is 1. The van der Waals surface area contributed by atoms with E-state index in [1.807, 2.05) is 30.3 Å². The van der Waals surface area contributed by atoms with E-state index in [9.17, 15) is 8.42 Å². The van der Waals surface area contributed by atoms with Gasteiger partial charge in [-0.1, -0.05) is 36.4 Å². The third-order valence-corrected chi connectivity index (χ3v) is 3.87. The van der Waals surface area contributed by atoms with Crippen LogP contribution < -0.4 is 10.5 Å². The summed E-state index contributed by atoms with van der Waals surface area (Å²) < 4.78 is 26.5. The molecule has 5 heteroatoms. The van der Waals surface area contributed by atoms with Crippen LogP contribution in [0.3, 0.4) is 0 Å². The van der Waals surface area contributed by atoms with E-state index in [2.05, 4.69) is 4.72 Å². The Morgan fingerprint density at radius 3 is 2.45 bits per heavy atom. The summed E-state index contributed by atoms with van der Waals surface area (Å²) in [5.41, 5.74) is 8.33. The molecule has 3 N–H and O–H groups in total. The Kier molecular flexibility index (Phi) is 4.10. The third kappa shape index (κ3) is 3.61. The van der Waals surface area contributed by atoms with E-state index in [0.29, 0.717) is 16.9 Å². The van der Waals surface area contributed by atoms with E-state index in [1.54, 1.807) is 31.2 Å². The molecule has 0 spiro atoms. The second-order valence-corrected chi connectivity index (χ2v) is 5.95. The van der Waals surface area contributed by atoms with Crippen LogP contribution >= 0.6 is 0 Å². The van der Waals surface area contributed by atoms with Crippen molar-refractivity contribution in [1.29, 1.82) is 0 Å². The Morgan fingerprint density at radius 1 is 1.05 bits per heavy atom. The molecule has 0 saturated heterocycles. The number of nitrogens with one attached hydrogen (secondary N) is 1. The van der Waals surface area contributed by atoms with Crippen LogP contribution in [-0.4, -0.2) is 8.42 Å². The van der Waals surface area contributed by atoms with Crippen molar-refractivity contribution < 1.29 is 8.42 Å². The minimum absolute atomic E-state index is 0.489. The summed E-state index contributed by atoms with van der Waals surface area (Å²) in [5, 5.41) is 1.14. The van der Waals surface area contributed by atoms with Crippen molar-refractivity contribution in [2.75, 3.05) is 10.5 Å². The van der Waals surface area contributed by atoms with Gasteiger partial charge >= 0.3 is 0 Å². The van der Waals surface area contributed by atoms with Crippen LogP contribution in [0.4, 0.5) is 11.4 Å². The molecule has 0 fully saturated rings. The maximum Gasteiger partial charge on any atom is 0.255 e. The highest BCUT2D eigenvalue weighted by Crippen LogP contribution is 2.21. The smallest absolute Gasteiger partial charge is 0.255 e. The highest BCUT2D eigenvalue weighted by Gasteiger charge is 2.08. The predicted octanol–water partition coefficient (Wildman–Crippen LogP) is 2.99. The molecule has 0 amide bonds.